The fraction of sp³-hybridized carbons (Fsp3) is 0.471. The van der Waals surface area contributed by atoms with Gasteiger partial charge in [0.25, 0.3) is 0 Å². The van der Waals surface area contributed by atoms with Crippen LogP contribution >= 0.6 is 11.6 Å². The second kappa shape index (κ2) is 5.96. The minimum Gasteiger partial charge on any atom is -0.340 e. The van der Waals surface area contributed by atoms with Gasteiger partial charge < -0.3 is 4.90 Å². The summed E-state index contributed by atoms with van der Waals surface area (Å²) in [4.78, 5) is 14.4. The van der Waals surface area contributed by atoms with Crippen LogP contribution in [0.15, 0.2) is 30.5 Å². The topological polar surface area (TPSA) is 51.0 Å². The quantitative estimate of drug-likeness (QED) is 0.866. The first-order valence-corrected chi connectivity index (χ1v) is 8.51. The first kappa shape index (κ1) is 14.7. The van der Waals surface area contributed by atoms with Gasteiger partial charge in [-0.15, -0.1) is 5.10 Å². The number of carbonyl (C=O) groups excluding carboxylic acids is 1. The van der Waals surface area contributed by atoms with Gasteiger partial charge in [0.2, 0.25) is 5.91 Å². The third kappa shape index (κ3) is 3.24. The summed E-state index contributed by atoms with van der Waals surface area (Å²) in [7, 11) is 0. The molecule has 4 rings (SSSR count). The van der Waals surface area contributed by atoms with Gasteiger partial charge in [0.05, 0.1) is 18.2 Å². The highest BCUT2D eigenvalue weighted by Gasteiger charge is 2.31. The molecule has 1 aliphatic heterocycles. The van der Waals surface area contributed by atoms with E-state index in [-0.39, 0.29) is 11.9 Å². The molecule has 1 atom stereocenters. The van der Waals surface area contributed by atoms with Crippen molar-refractivity contribution in [3.05, 3.63) is 46.7 Å². The number of hydrogen-bond acceptors (Lipinski definition) is 3. The molecule has 1 amide bonds. The van der Waals surface area contributed by atoms with Crippen molar-refractivity contribution in [3.63, 3.8) is 0 Å². The summed E-state index contributed by atoms with van der Waals surface area (Å²) in [6.45, 7) is 1.51. The van der Waals surface area contributed by atoms with Crippen molar-refractivity contribution in [1.29, 1.82) is 0 Å². The number of likely N-dealkylation sites (tertiary alicyclic amines) is 1. The van der Waals surface area contributed by atoms with E-state index < -0.39 is 0 Å². The highest BCUT2D eigenvalue weighted by Crippen LogP contribution is 2.39. The van der Waals surface area contributed by atoms with E-state index in [1.165, 1.54) is 12.8 Å². The predicted molar refractivity (Wildman–Crippen MR) is 87.4 cm³/mol. The van der Waals surface area contributed by atoms with Crippen LogP contribution in [-0.2, 0) is 11.2 Å². The minimum absolute atomic E-state index is 0.164. The molecule has 6 heteroatoms. The van der Waals surface area contributed by atoms with Crippen molar-refractivity contribution in [1.82, 2.24) is 19.9 Å². The number of nitrogens with zero attached hydrogens (tertiary/aromatic N) is 4. The van der Waals surface area contributed by atoms with E-state index in [1.54, 1.807) is 0 Å². The van der Waals surface area contributed by atoms with Crippen LogP contribution in [0.3, 0.4) is 0 Å². The van der Waals surface area contributed by atoms with Crippen molar-refractivity contribution in [2.75, 3.05) is 13.1 Å². The Morgan fingerprint density at radius 1 is 1.22 bits per heavy atom. The van der Waals surface area contributed by atoms with Crippen molar-refractivity contribution in [3.8, 4) is 0 Å². The molecule has 2 fully saturated rings. The zero-order valence-corrected chi connectivity index (χ0v) is 13.6. The molecule has 0 N–H and O–H groups in total. The highest BCUT2D eigenvalue weighted by molar-refractivity contribution is 6.30. The molecular weight excluding hydrogens is 312 g/mol. The summed E-state index contributed by atoms with van der Waals surface area (Å²) in [5, 5.41) is 9.22. The SMILES string of the molecule is O=C(Cc1ccc(Cl)cc1)N1CCC(n2cc(C3CC3)nn2)C1. The average molecular weight is 331 g/mol. The number of benzene rings is 1. The molecule has 2 aliphatic rings. The minimum atomic E-state index is 0.164. The Morgan fingerprint density at radius 3 is 2.74 bits per heavy atom. The lowest BCUT2D eigenvalue weighted by atomic mass is 10.1. The standard InChI is InChI=1S/C17H19ClN4O/c18-14-5-1-12(2-6-14)9-17(23)21-8-7-15(10-21)22-11-16(19-20-22)13-3-4-13/h1-2,5-6,11,13,15H,3-4,7-10H2. The number of hydrogen-bond donors (Lipinski definition) is 0. The van der Waals surface area contributed by atoms with Gasteiger partial charge in [-0.1, -0.05) is 28.9 Å². The van der Waals surface area contributed by atoms with E-state index in [4.69, 9.17) is 11.6 Å². The molecule has 5 nitrogen and oxygen atoms in total. The third-order valence-corrected chi connectivity index (χ3v) is 4.93. The van der Waals surface area contributed by atoms with Crippen LogP contribution in [0.5, 0.6) is 0 Å². The first-order chi connectivity index (χ1) is 11.2. The molecule has 23 heavy (non-hydrogen) atoms. The van der Waals surface area contributed by atoms with Crippen molar-refractivity contribution >= 4 is 17.5 Å². The zero-order valence-electron chi connectivity index (χ0n) is 12.9. The number of amides is 1. The molecule has 1 saturated heterocycles. The summed E-state index contributed by atoms with van der Waals surface area (Å²) < 4.78 is 1.95. The molecule has 1 aromatic carbocycles. The van der Waals surface area contributed by atoms with Crippen LogP contribution in [0.1, 0.15) is 42.5 Å². The van der Waals surface area contributed by atoms with E-state index in [1.807, 2.05) is 33.8 Å². The number of rotatable bonds is 4. The lowest BCUT2D eigenvalue weighted by Crippen LogP contribution is -2.30. The van der Waals surface area contributed by atoms with Crippen molar-refractivity contribution in [2.24, 2.45) is 0 Å². The van der Waals surface area contributed by atoms with Crippen LogP contribution < -0.4 is 0 Å². The molecule has 1 unspecified atom stereocenters. The summed E-state index contributed by atoms with van der Waals surface area (Å²) >= 11 is 5.88. The second-order valence-electron chi connectivity index (χ2n) is 6.48. The lowest BCUT2D eigenvalue weighted by molar-refractivity contribution is -0.129. The van der Waals surface area contributed by atoms with Crippen LogP contribution in [0, 0.1) is 0 Å². The van der Waals surface area contributed by atoms with Gasteiger partial charge in [-0.2, -0.15) is 0 Å². The van der Waals surface area contributed by atoms with Gasteiger partial charge in [-0.3, -0.25) is 4.79 Å². The molecule has 0 spiro atoms. The highest BCUT2D eigenvalue weighted by atomic mass is 35.5. The number of halogens is 1. The van der Waals surface area contributed by atoms with Gasteiger partial charge in [-0.05, 0) is 37.0 Å². The maximum atomic E-state index is 12.4. The van der Waals surface area contributed by atoms with Gasteiger partial charge in [-0.25, -0.2) is 4.68 Å². The lowest BCUT2D eigenvalue weighted by Gasteiger charge is -2.16. The molecule has 1 aromatic heterocycles. The Kier molecular flexibility index (Phi) is 3.81. The Bertz CT molecular complexity index is 708. The van der Waals surface area contributed by atoms with Crippen LogP contribution in [0.25, 0.3) is 0 Å². The van der Waals surface area contributed by atoms with E-state index in [2.05, 4.69) is 16.5 Å². The summed E-state index contributed by atoms with van der Waals surface area (Å²) in [6.07, 6.45) is 5.90. The molecule has 2 aromatic rings. The zero-order chi connectivity index (χ0) is 15.8. The van der Waals surface area contributed by atoms with Crippen LogP contribution in [0.4, 0.5) is 0 Å². The maximum Gasteiger partial charge on any atom is 0.227 e. The van der Waals surface area contributed by atoms with Crippen molar-refractivity contribution in [2.45, 2.75) is 37.6 Å². The molecule has 2 heterocycles. The first-order valence-electron chi connectivity index (χ1n) is 8.13. The van der Waals surface area contributed by atoms with Crippen molar-refractivity contribution < 1.29 is 4.79 Å². The molecule has 1 saturated carbocycles. The molecule has 0 radical (unpaired) electrons. The Morgan fingerprint density at radius 2 is 2.00 bits per heavy atom. The number of aromatic nitrogens is 3. The molecule has 0 bridgehead atoms. The second-order valence-corrected chi connectivity index (χ2v) is 6.92. The Labute approximate surface area is 140 Å². The van der Waals surface area contributed by atoms with E-state index in [0.29, 0.717) is 17.4 Å². The van der Waals surface area contributed by atoms with Crippen LogP contribution in [-0.4, -0.2) is 38.9 Å². The molecular formula is C17H19ClN4O. The normalized spacial score (nSPS) is 20.9. The fourth-order valence-corrected chi connectivity index (χ4v) is 3.23. The summed E-state index contributed by atoms with van der Waals surface area (Å²) in [5.74, 6) is 0.783. The van der Waals surface area contributed by atoms with Gasteiger partial charge in [0, 0.05) is 30.2 Å². The van der Waals surface area contributed by atoms with Gasteiger partial charge in [0.15, 0.2) is 0 Å². The van der Waals surface area contributed by atoms with E-state index >= 15 is 0 Å². The van der Waals surface area contributed by atoms with Gasteiger partial charge >= 0.3 is 0 Å². The summed E-state index contributed by atoms with van der Waals surface area (Å²) in [6, 6.07) is 7.72. The van der Waals surface area contributed by atoms with Crippen LogP contribution in [0.2, 0.25) is 5.02 Å². The smallest absolute Gasteiger partial charge is 0.227 e. The summed E-state index contributed by atoms with van der Waals surface area (Å²) in [5.41, 5.74) is 2.11. The Balaban J connectivity index is 1.37. The molecule has 1 aliphatic carbocycles. The third-order valence-electron chi connectivity index (χ3n) is 4.68. The monoisotopic (exact) mass is 330 g/mol. The number of carbonyl (C=O) groups is 1. The largest absolute Gasteiger partial charge is 0.340 e. The molecule has 120 valence electrons. The van der Waals surface area contributed by atoms with E-state index in [0.717, 1.165) is 30.8 Å². The predicted octanol–water partition coefficient (Wildman–Crippen LogP) is 2.83. The maximum absolute atomic E-state index is 12.4. The van der Waals surface area contributed by atoms with E-state index in [9.17, 15) is 4.79 Å². The van der Waals surface area contributed by atoms with Gasteiger partial charge in [0.1, 0.15) is 0 Å². The average Bonchev–Trinajstić information content (AvgIpc) is 3.09. The fourth-order valence-electron chi connectivity index (χ4n) is 3.11. The Hall–Kier alpha value is -1.88.